The second-order valence-corrected chi connectivity index (χ2v) is 8.18. The van der Waals surface area contributed by atoms with Crippen molar-refractivity contribution in [2.75, 3.05) is 31.1 Å². The highest BCUT2D eigenvalue weighted by Crippen LogP contribution is 2.32. The lowest BCUT2D eigenvalue weighted by Crippen LogP contribution is -2.48. The van der Waals surface area contributed by atoms with Gasteiger partial charge >= 0.3 is 6.18 Å². The largest absolute Gasteiger partial charge is 0.416 e. The van der Waals surface area contributed by atoms with Gasteiger partial charge in [-0.25, -0.2) is 0 Å². The van der Waals surface area contributed by atoms with Gasteiger partial charge < -0.3 is 9.80 Å². The van der Waals surface area contributed by atoms with Crippen molar-refractivity contribution in [3.63, 3.8) is 0 Å². The molecule has 2 aliphatic rings. The number of halogens is 3. The molecule has 0 unspecified atom stereocenters. The summed E-state index contributed by atoms with van der Waals surface area (Å²) in [5, 5.41) is 0. The topological polar surface area (TPSA) is 40.6 Å². The molecule has 0 bridgehead atoms. The number of piperazine rings is 1. The first kappa shape index (κ1) is 21.4. The molecule has 1 heterocycles. The first-order chi connectivity index (χ1) is 14.8. The van der Waals surface area contributed by atoms with Crippen LogP contribution in [0.2, 0.25) is 0 Å². The van der Waals surface area contributed by atoms with Crippen molar-refractivity contribution in [2.24, 2.45) is 0 Å². The van der Waals surface area contributed by atoms with Gasteiger partial charge in [0.2, 0.25) is 5.91 Å². The van der Waals surface area contributed by atoms with Gasteiger partial charge in [-0.05, 0) is 54.7 Å². The first-order valence-corrected chi connectivity index (χ1v) is 10.7. The molecule has 7 heteroatoms. The highest BCUT2D eigenvalue weighted by Gasteiger charge is 2.31. The third-order valence-electron chi connectivity index (χ3n) is 6.16. The molecule has 0 atom stereocenters. The second-order valence-electron chi connectivity index (χ2n) is 8.18. The van der Waals surface area contributed by atoms with Gasteiger partial charge in [0, 0.05) is 50.3 Å². The van der Waals surface area contributed by atoms with E-state index in [-0.39, 0.29) is 24.5 Å². The highest BCUT2D eigenvalue weighted by atomic mass is 19.4. The van der Waals surface area contributed by atoms with Crippen molar-refractivity contribution >= 4 is 17.4 Å². The van der Waals surface area contributed by atoms with Crippen molar-refractivity contribution in [2.45, 2.75) is 38.3 Å². The number of ketones is 1. The van der Waals surface area contributed by atoms with Gasteiger partial charge in [0.15, 0.2) is 5.78 Å². The number of hydrogen-bond donors (Lipinski definition) is 0. The van der Waals surface area contributed by atoms with Crippen molar-refractivity contribution in [1.82, 2.24) is 4.90 Å². The van der Waals surface area contributed by atoms with E-state index in [4.69, 9.17) is 0 Å². The Labute approximate surface area is 179 Å². The fourth-order valence-corrected chi connectivity index (χ4v) is 4.36. The molecule has 1 aliphatic heterocycles. The summed E-state index contributed by atoms with van der Waals surface area (Å²) in [4.78, 5) is 28.6. The third kappa shape index (κ3) is 4.92. The van der Waals surface area contributed by atoms with Crippen LogP contribution in [-0.4, -0.2) is 42.8 Å². The van der Waals surface area contributed by atoms with Crippen LogP contribution in [0, 0.1) is 0 Å². The van der Waals surface area contributed by atoms with Crippen LogP contribution < -0.4 is 4.90 Å². The summed E-state index contributed by atoms with van der Waals surface area (Å²) < 4.78 is 38.8. The van der Waals surface area contributed by atoms with E-state index < -0.39 is 11.7 Å². The van der Waals surface area contributed by atoms with Crippen molar-refractivity contribution in [3.8, 4) is 0 Å². The minimum absolute atomic E-state index is 0.0225. The van der Waals surface area contributed by atoms with Crippen molar-refractivity contribution in [3.05, 3.63) is 64.7 Å². The van der Waals surface area contributed by atoms with Crippen molar-refractivity contribution in [1.29, 1.82) is 0 Å². The third-order valence-corrected chi connectivity index (χ3v) is 6.16. The van der Waals surface area contributed by atoms with E-state index in [1.54, 1.807) is 11.0 Å². The number of carbonyl (C=O) groups is 2. The van der Waals surface area contributed by atoms with E-state index in [1.165, 1.54) is 17.2 Å². The molecule has 0 spiro atoms. The van der Waals surface area contributed by atoms with Crippen LogP contribution in [0.3, 0.4) is 0 Å². The number of alkyl halides is 3. The Balaban J connectivity index is 1.28. The molecule has 31 heavy (non-hydrogen) atoms. The average Bonchev–Trinajstić information content (AvgIpc) is 3.25. The molecule has 4 nitrogen and oxygen atoms in total. The predicted molar refractivity (Wildman–Crippen MR) is 112 cm³/mol. The number of Topliss-reactive ketones (excluding diaryl/α,β-unsaturated/α-hetero) is 1. The lowest BCUT2D eigenvalue weighted by molar-refractivity contribution is -0.137. The first-order valence-electron chi connectivity index (χ1n) is 10.7. The maximum absolute atomic E-state index is 12.9. The van der Waals surface area contributed by atoms with Gasteiger partial charge in [-0.15, -0.1) is 0 Å². The Morgan fingerprint density at radius 3 is 2.35 bits per heavy atom. The van der Waals surface area contributed by atoms with Gasteiger partial charge in [0.1, 0.15) is 0 Å². The number of hydrogen-bond acceptors (Lipinski definition) is 3. The normalized spacial score (nSPS) is 16.4. The summed E-state index contributed by atoms with van der Waals surface area (Å²) in [6.45, 7) is 1.79. The number of nitrogens with zero attached hydrogens (tertiary/aromatic N) is 2. The maximum Gasteiger partial charge on any atom is 0.416 e. The van der Waals surface area contributed by atoms with E-state index >= 15 is 0 Å². The molecule has 2 aromatic carbocycles. The SMILES string of the molecule is O=C(CCC(=O)N1CCN(c2cccc(C(F)(F)F)c2)CC1)c1ccc2c(c1)CCC2. The standard InChI is InChI=1S/C24H25F3N2O2/c25-24(26,27)20-5-2-6-21(16-20)28-11-13-29(14-12-28)23(31)10-9-22(30)19-8-7-17-3-1-4-18(17)15-19/h2,5-8,15-16H,1,3-4,9-14H2. The molecule has 1 fully saturated rings. The minimum atomic E-state index is -4.38. The molecule has 1 aliphatic carbocycles. The maximum atomic E-state index is 12.9. The molecule has 164 valence electrons. The molecular formula is C24H25F3N2O2. The number of fused-ring (bicyclic) bond motifs is 1. The number of amides is 1. The van der Waals surface area contributed by atoms with Crippen molar-refractivity contribution < 1.29 is 22.8 Å². The lowest BCUT2D eigenvalue weighted by atomic mass is 10.0. The Hall–Kier alpha value is -2.83. The Morgan fingerprint density at radius 2 is 1.61 bits per heavy atom. The molecule has 4 rings (SSSR count). The van der Waals surface area contributed by atoms with Crippen LogP contribution in [0.4, 0.5) is 18.9 Å². The average molecular weight is 430 g/mol. The Bertz CT molecular complexity index is 979. The zero-order valence-corrected chi connectivity index (χ0v) is 17.3. The summed E-state index contributed by atoms with van der Waals surface area (Å²) in [6, 6.07) is 11.1. The van der Waals surface area contributed by atoms with Crippen LogP contribution >= 0.6 is 0 Å². The van der Waals surface area contributed by atoms with Crippen LogP contribution in [0.1, 0.15) is 46.3 Å². The zero-order chi connectivity index (χ0) is 22.0. The van der Waals surface area contributed by atoms with E-state index in [2.05, 4.69) is 0 Å². The van der Waals surface area contributed by atoms with E-state index in [0.29, 0.717) is 37.4 Å². The summed E-state index contributed by atoms with van der Waals surface area (Å²) in [5.41, 5.74) is 3.05. The monoisotopic (exact) mass is 430 g/mol. The number of rotatable bonds is 5. The van der Waals surface area contributed by atoms with E-state index in [1.807, 2.05) is 23.1 Å². The fraction of sp³-hybridized carbons (Fsp3) is 0.417. The molecule has 0 saturated carbocycles. The second kappa shape index (κ2) is 8.73. The minimum Gasteiger partial charge on any atom is -0.368 e. The van der Waals surface area contributed by atoms with Gasteiger partial charge in [-0.3, -0.25) is 9.59 Å². The van der Waals surface area contributed by atoms with E-state index in [9.17, 15) is 22.8 Å². The lowest BCUT2D eigenvalue weighted by Gasteiger charge is -2.36. The number of carbonyl (C=O) groups excluding carboxylic acids is 2. The number of aryl methyl sites for hydroxylation is 2. The fourth-order valence-electron chi connectivity index (χ4n) is 4.36. The molecule has 0 radical (unpaired) electrons. The molecular weight excluding hydrogens is 405 g/mol. The summed E-state index contributed by atoms with van der Waals surface area (Å²) >= 11 is 0. The molecule has 1 amide bonds. The highest BCUT2D eigenvalue weighted by molar-refractivity contribution is 5.98. The predicted octanol–water partition coefficient (Wildman–Crippen LogP) is 4.51. The summed E-state index contributed by atoms with van der Waals surface area (Å²) in [6.07, 6.45) is -0.859. The van der Waals surface area contributed by atoms with Crippen LogP contribution in [0.15, 0.2) is 42.5 Å². The smallest absolute Gasteiger partial charge is 0.368 e. The number of benzene rings is 2. The van der Waals surface area contributed by atoms with E-state index in [0.717, 1.165) is 31.4 Å². The molecule has 1 saturated heterocycles. The van der Waals surface area contributed by atoms with Gasteiger partial charge in [-0.1, -0.05) is 18.2 Å². The molecule has 0 N–H and O–H groups in total. The molecule has 0 aromatic heterocycles. The zero-order valence-electron chi connectivity index (χ0n) is 17.3. The Kier molecular flexibility index (Phi) is 6.03. The quantitative estimate of drug-likeness (QED) is 0.656. The van der Waals surface area contributed by atoms with Gasteiger partial charge in [-0.2, -0.15) is 13.2 Å². The Morgan fingerprint density at radius 1 is 0.871 bits per heavy atom. The van der Waals surface area contributed by atoms with Crippen LogP contribution in [-0.2, 0) is 23.8 Å². The van der Waals surface area contributed by atoms with Crippen LogP contribution in [0.25, 0.3) is 0 Å². The van der Waals surface area contributed by atoms with Gasteiger partial charge in [0.05, 0.1) is 5.56 Å². The van der Waals surface area contributed by atoms with Crippen LogP contribution in [0.5, 0.6) is 0 Å². The number of anilines is 1. The summed E-state index contributed by atoms with van der Waals surface area (Å²) in [5.74, 6) is -0.108. The van der Waals surface area contributed by atoms with Gasteiger partial charge in [0.25, 0.3) is 0 Å². The summed E-state index contributed by atoms with van der Waals surface area (Å²) in [7, 11) is 0. The molecule has 2 aromatic rings.